The molecule has 0 radical (unpaired) electrons. The van der Waals surface area contributed by atoms with E-state index >= 15 is 0 Å². The molecular formula is C32H43F3N4O4. The molecule has 2 aliphatic rings. The van der Waals surface area contributed by atoms with Gasteiger partial charge < -0.3 is 24.5 Å². The number of hydrogen-bond acceptors (Lipinski definition) is 6. The SMILES string of the molecule is CCOc1cccc(C(O)(C(=O)N2CCC(CC3(C)CCN(c4ccc(C(=O)N(C)C)c(C)n4)CC3)CC2)C(F)(F)F)c1. The molecule has 2 amide bonds. The number of rotatable bonds is 8. The molecule has 2 fully saturated rings. The maximum Gasteiger partial charge on any atom is 0.430 e. The van der Waals surface area contributed by atoms with Crippen molar-refractivity contribution in [2.75, 3.05) is 51.8 Å². The topological polar surface area (TPSA) is 86.2 Å². The van der Waals surface area contributed by atoms with E-state index in [2.05, 4.69) is 11.8 Å². The average Bonchev–Trinajstić information content (AvgIpc) is 2.96. The molecule has 1 atom stereocenters. The number of likely N-dealkylation sites (tertiary alicyclic amines) is 1. The lowest BCUT2D eigenvalue weighted by molar-refractivity contribution is -0.262. The lowest BCUT2D eigenvalue weighted by atomic mass is 9.71. The van der Waals surface area contributed by atoms with Crippen molar-refractivity contribution >= 4 is 17.6 Å². The number of carbonyl (C=O) groups excluding carboxylic acids is 2. The Balaban J connectivity index is 1.35. The Hall–Kier alpha value is -3.34. The maximum atomic E-state index is 14.2. The highest BCUT2D eigenvalue weighted by atomic mass is 19.4. The molecule has 4 rings (SSSR count). The van der Waals surface area contributed by atoms with Gasteiger partial charge in [0.2, 0.25) is 0 Å². The zero-order valence-corrected chi connectivity index (χ0v) is 25.7. The number of amides is 2. The molecule has 236 valence electrons. The third kappa shape index (κ3) is 6.92. The first-order valence-electron chi connectivity index (χ1n) is 14.9. The third-order valence-electron chi connectivity index (χ3n) is 8.97. The molecule has 0 saturated carbocycles. The number of benzene rings is 1. The van der Waals surface area contributed by atoms with E-state index in [1.807, 2.05) is 19.1 Å². The van der Waals surface area contributed by atoms with E-state index in [0.717, 1.165) is 55.2 Å². The molecule has 11 heteroatoms. The summed E-state index contributed by atoms with van der Waals surface area (Å²) in [6.07, 6.45) is -1.22. The van der Waals surface area contributed by atoms with Gasteiger partial charge in [0.05, 0.1) is 17.9 Å². The zero-order valence-electron chi connectivity index (χ0n) is 25.7. The predicted molar refractivity (Wildman–Crippen MR) is 158 cm³/mol. The fraction of sp³-hybridized carbons (Fsp3) is 0.594. The minimum Gasteiger partial charge on any atom is -0.494 e. The molecule has 1 unspecified atom stereocenters. The standard InChI is InChI=1S/C32H43F3N4O4/c1-6-43-25-9-7-8-24(20-25)31(42,32(33,34)35)29(41)39-16-12-23(13-17-39)21-30(3)14-18-38(19-15-30)27-11-10-26(22(2)36-27)28(40)37(4)5/h7-11,20,23,42H,6,12-19,21H2,1-5H3. The van der Waals surface area contributed by atoms with Crippen molar-refractivity contribution < 1.29 is 32.6 Å². The number of nitrogens with zero attached hydrogens (tertiary/aromatic N) is 4. The van der Waals surface area contributed by atoms with E-state index < -0.39 is 23.2 Å². The van der Waals surface area contributed by atoms with Crippen LogP contribution in [0.5, 0.6) is 5.75 Å². The number of hydrogen-bond donors (Lipinski definition) is 1. The minimum absolute atomic E-state index is 0.0651. The van der Waals surface area contributed by atoms with Gasteiger partial charge in [-0.1, -0.05) is 19.1 Å². The fourth-order valence-corrected chi connectivity index (χ4v) is 6.32. The van der Waals surface area contributed by atoms with Crippen LogP contribution in [0.25, 0.3) is 0 Å². The van der Waals surface area contributed by atoms with Crippen molar-refractivity contribution in [1.82, 2.24) is 14.8 Å². The monoisotopic (exact) mass is 604 g/mol. The molecule has 43 heavy (non-hydrogen) atoms. The Morgan fingerprint density at radius 3 is 2.30 bits per heavy atom. The van der Waals surface area contributed by atoms with Gasteiger partial charge in [-0.15, -0.1) is 0 Å². The molecule has 1 aromatic heterocycles. The predicted octanol–water partition coefficient (Wildman–Crippen LogP) is 5.18. The van der Waals surface area contributed by atoms with Crippen LogP contribution in [0.2, 0.25) is 0 Å². The van der Waals surface area contributed by atoms with Crippen molar-refractivity contribution in [2.45, 2.75) is 64.7 Å². The quantitative estimate of drug-likeness (QED) is 0.447. The van der Waals surface area contributed by atoms with Crippen LogP contribution in [0.3, 0.4) is 0 Å². The van der Waals surface area contributed by atoms with E-state index in [0.29, 0.717) is 24.1 Å². The van der Waals surface area contributed by atoms with Crippen LogP contribution >= 0.6 is 0 Å². The molecule has 3 heterocycles. The van der Waals surface area contributed by atoms with Gasteiger partial charge in [-0.2, -0.15) is 13.2 Å². The number of piperidine rings is 2. The normalized spacial score (nSPS) is 19.1. The number of alkyl halides is 3. The summed E-state index contributed by atoms with van der Waals surface area (Å²) in [5, 5.41) is 10.9. The van der Waals surface area contributed by atoms with Crippen molar-refractivity contribution in [2.24, 2.45) is 11.3 Å². The summed E-state index contributed by atoms with van der Waals surface area (Å²) in [7, 11) is 3.43. The van der Waals surface area contributed by atoms with Crippen LogP contribution in [-0.2, 0) is 10.4 Å². The highest BCUT2D eigenvalue weighted by Crippen LogP contribution is 2.44. The largest absolute Gasteiger partial charge is 0.494 e. The number of halogens is 3. The summed E-state index contributed by atoms with van der Waals surface area (Å²) in [6.45, 7) is 8.02. The first kappa shape index (κ1) is 32.6. The maximum absolute atomic E-state index is 14.2. The summed E-state index contributed by atoms with van der Waals surface area (Å²) in [5.41, 5.74) is -2.83. The second-order valence-electron chi connectivity index (χ2n) is 12.4. The number of carbonyl (C=O) groups is 2. The Morgan fingerprint density at radius 1 is 1.09 bits per heavy atom. The molecule has 0 spiro atoms. The van der Waals surface area contributed by atoms with Gasteiger partial charge in [0.1, 0.15) is 11.6 Å². The molecule has 0 bridgehead atoms. The van der Waals surface area contributed by atoms with Crippen molar-refractivity contribution in [3.63, 3.8) is 0 Å². The minimum atomic E-state index is -5.19. The number of pyridine rings is 1. The Labute approximate surface area is 251 Å². The Kier molecular flexibility index (Phi) is 9.63. The van der Waals surface area contributed by atoms with Gasteiger partial charge in [0.25, 0.3) is 17.4 Å². The van der Waals surface area contributed by atoms with E-state index in [4.69, 9.17) is 9.72 Å². The van der Waals surface area contributed by atoms with Gasteiger partial charge >= 0.3 is 6.18 Å². The first-order valence-corrected chi connectivity index (χ1v) is 14.9. The molecule has 8 nitrogen and oxygen atoms in total. The van der Waals surface area contributed by atoms with E-state index in [1.165, 1.54) is 17.0 Å². The lowest BCUT2D eigenvalue weighted by Crippen LogP contribution is -2.57. The summed E-state index contributed by atoms with van der Waals surface area (Å²) in [5.74, 6) is -0.124. The van der Waals surface area contributed by atoms with Crippen LogP contribution in [0.4, 0.5) is 19.0 Å². The number of aliphatic hydroxyl groups is 1. The molecule has 2 aliphatic heterocycles. The number of aromatic nitrogens is 1. The van der Waals surface area contributed by atoms with Crippen LogP contribution in [-0.4, -0.2) is 84.8 Å². The summed E-state index contributed by atoms with van der Waals surface area (Å²) < 4.78 is 48.1. The van der Waals surface area contributed by atoms with E-state index in [1.54, 1.807) is 21.0 Å². The second kappa shape index (κ2) is 12.7. The van der Waals surface area contributed by atoms with Gasteiger partial charge in [-0.25, -0.2) is 4.98 Å². The number of ether oxygens (including phenoxy) is 1. The average molecular weight is 605 g/mol. The fourth-order valence-electron chi connectivity index (χ4n) is 6.32. The first-order chi connectivity index (χ1) is 20.2. The summed E-state index contributed by atoms with van der Waals surface area (Å²) >= 11 is 0. The molecular weight excluding hydrogens is 561 g/mol. The second-order valence-corrected chi connectivity index (χ2v) is 12.4. The molecule has 2 aromatic rings. The van der Waals surface area contributed by atoms with Crippen LogP contribution in [0.15, 0.2) is 36.4 Å². The third-order valence-corrected chi connectivity index (χ3v) is 8.97. The Morgan fingerprint density at radius 2 is 1.74 bits per heavy atom. The smallest absolute Gasteiger partial charge is 0.430 e. The van der Waals surface area contributed by atoms with Crippen LogP contribution in [0, 0.1) is 18.3 Å². The molecule has 2 saturated heterocycles. The number of anilines is 1. The van der Waals surface area contributed by atoms with E-state index in [-0.39, 0.29) is 42.7 Å². The van der Waals surface area contributed by atoms with E-state index in [9.17, 15) is 27.9 Å². The summed E-state index contributed by atoms with van der Waals surface area (Å²) in [4.78, 5) is 35.2. The van der Waals surface area contributed by atoms with Gasteiger partial charge in [0.15, 0.2) is 0 Å². The zero-order chi connectivity index (χ0) is 31.6. The lowest BCUT2D eigenvalue weighted by Gasteiger charge is -2.44. The van der Waals surface area contributed by atoms with Crippen LogP contribution < -0.4 is 9.64 Å². The number of aryl methyl sites for hydroxylation is 1. The molecule has 0 aliphatic carbocycles. The van der Waals surface area contributed by atoms with Crippen LogP contribution in [0.1, 0.15) is 67.6 Å². The highest BCUT2D eigenvalue weighted by Gasteiger charge is 2.62. The van der Waals surface area contributed by atoms with Gasteiger partial charge in [0, 0.05) is 45.8 Å². The molecule has 1 aromatic carbocycles. The van der Waals surface area contributed by atoms with Crippen molar-refractivity contribution in [1.29, 1.82) is 0 Å². The van der Waals surface area contributed by atoms with Gasteiger partial charge in [-0.05, 0) is 81.5 Å². The van der Waals surface area contributed by atoms with Crippen molar-refractivity contribution in [3.8, 4) is 5.75 Å². The Bertz CT molecular complexity index is 1300. The van der Waals surface area contributed by atoms with Crippen molar-refractivity contribution in [3.05, 3.63) is 53.2 Å². The molecule has 1 N–H and O–H groups in total. The van der Waals surface area contributed by atoms with Gasteiger partial charge in [-0.3, -0.25) is 9.59 Å². The summed E-state index contributed by atoms with van der Waals surface area (Å²) in [6, 6.07) is 8.77. The highest BCUT2D eigenvalue weighted by molar-refractivity contribution is 5.95.